The van der Waals surface area contributed by atoms with Crippen LogP contribution < -0.4 is 5.73 Å². The van der Waals surface area contributed by atoms with Crippen molar-refractivity contribution < 1.29 is 9.59 Å². The first-order valence-corrected chi connectivity index (χ1v) is 7.10. The summed E-state index contributed by atoms with van der Waals surface area (Å²) in [6, 6.07) is 4.49. The summed E-state index contributed by atoms with van der Waals surface area (Å²) in [4.78, 5) is 29.9. The predicted molar refractivity (Wildman–Crippen MR) is 73.5 cm³/mol. The summed E-state index contributed by atoms with van der Waals surface area (Å²) < 4.78 is 0. The molecule has 1 aliphatic rings. The highest BCUT2D eigenvalue weighted by molar-refractivity contribution is 8.13. The zero-order valence-corrected chi connectivity index (χ0v) is 11.6. The van der Waals surface area contributed by atoms with E-state index in [1.807, 2.05) is 6.07 Å². The second-order valence-electron chi connectivity index (χ2n) is 4.57. The summed E-state index contributed by atoms with van der Waals surface area (Å²) in [6.45, 7) is 2.26. The van der Waals surface area contributed by atoms with Gasteiger partial charge >= 0.3 is 0 Å². The van der Waals surface area contributed by atoms with E-state index >= 15 is 0 Å². The molecule has 19 heavy (non-hydrogen) atoms. The SMILES string of the molecule is CC(N)C(=O)N1CCC[C@H]1C(=O)Sc1ccccn1. The lowest BCUT2D eigenvalue weighted by Gasteiger charge is -2.24. The average Bonchev–Trinajstić information content (AvgIpc) is 2.88. The largest absolute Gasteiger partial charge is 0.330 e. The Hall–Kier alpha value is -1.40. The van der Waals surface area contributed by atoms with Crippen LogP contribution in [0.15, 0.2) is 29.4 Å². The fraction of sp³-hybridized carbons (Fsp3) is 0.462. The number of nitrogens with two attached hydrogens (primary N) is 1. The molecule has 1 saturated heterocycles. The summed E-state index contributed by atoms with van der Waals surface area (Å²) in [5.41, 5.74) is 5.61. The highest BCUT2D eigenvalue weighted by atomic mass is 32.2. The smallest absolute Gasteiger partial charge is 0.239 e. The molecule has 2 heterocycles. The number of pyridine rings is 1. The molecule has 6 heteroatoms. The normalized spacial score (nSPS) is 20.3. The van der Waals surface area contributed by atoms with E-state index in [1.54, 1.807) is 30.2 Å². The lowest BCUT2D eigenvalue weighted by atomic mass is 10.2. The van der Waals surface area contributed by atoms with Crippen LogP contribution in [0, 0.1) is 0 Å². The van der Waals surface area contributed by atoms with Crippen molar-refractivity contribution in [3.05, 3.63) is 24.4 Å². The van der Waals surface area contributed by atoms with Gasteiger partial charge in [0.05, 0.1) is 6.04 Å². The zero-order valence-electron chi connectivity index (χ0n) is 10.8. The molecule has 2 N–H and O–H groups in total. The van der Waals surface area contributed by atoms with Gasteiger partial charge in [-0.3, -0.25) is 9.59 Å². The molecule has 2 atom stereocenters. The average molecular weight is 279 g/mol. The van der Waals surface area contributed by atoms with Gasteiger partial charge in [0.25, 0.3) is 0 Å². The minimum absolute atomic E-state index is 0.0369. The van der Waals surface area contributed by atoms with Crippen LogP contribution in [0.1, 0.15) is 19.8 Å². The number of hydrogen-bond donors (Lipinski definition) is 1. The van der Waals surface area contributed by atoms with Crippen molar-refractivity contribution in [2.75, 3.05) is 6.54 Å². The molecule has 1 aromatic rings. The van der Waals surface area contributed by atoms with Gasteiger partial charge in [-0.1, -0.05) is 6.07 Å². The van der Waals surface area contributed by atoms with Gasteiger partial charge in [0, 0.05) is 12.7 Å². The number of carbonyl (C=O) groups excluding carboxylic acids is 2. The van der Waals surface area contributed by atoms with E-state index in [4.69, 9.17) is 5.73 Å². The third-order valence-corrected chi connectivity index (χ3v) is 3.96. The van der Waals surface area contributed by atoms with Crippen LogP contribution in [0.4, 0.5) is 0 Å². The maximum absolute atomic E-state index is 12.2. The zero-order chi connectivity index (χ0) is 13.8. The number of thioether (sulfide) groups is 1. The monoisotopic (exact) mass is 279 g/mol. The number of hydrogen-bond acceptors (Lipinski definition) is 5. The van der Waals surface area contributed by atoms with Gasteiger partial charge < -0.3 is 10.6 Å². The topological polar surface area (TPSA) is 76.3 Å². The second-order valence-corrected chi connectivity index (χ2v) is 5.59. The summed E-state index contributed by atoms with van der Waals surface area (Å²) in [5.74, 6) is -0.155. The Morgan fingerprint density at radius 3 is 2.95 bits per heavy atom. The predicted octanol–water partition coefficient (Wildman–Crippen LogP) is 1.04. The third kappa shape index (κ3) is 3.33. The lowest BCUT2D eigenvalue weighted by Crippen LogP contribution is -2.46. The van der Waals surface area contributed by atoms with Gasteiger partial charge in [-0.15, -0.1) is 0 Å². The molecule has 1 fully saturated rings. The number of nitrogens with zero attached hydrogens (tertiary/aromatic N) is 2. The van der Waals surface area contributed by atoms with Crippen molar-refractivity contribution in [1.82, 2.24) is 9.88 Å². The van der Waals surface area contributed by atoms with E-state index in [9.17, 15) is 9.59 Å². The van der Waals surface area contributed by atoms with Crippen LogP contribution in [0.2, 0.25) is 0 Å². The van der Waals surface area contributed by atoms with Crippen LogP contribution in [-0.2, 0) is 9.59 Å². The highest BCUT2D eigenvalue weighted by Gasteiger charge is 2.35. The molecule has 0 aromatic carbocycles. The van der Waals surface area contributed by atoms with E-state index in [0.717, 1.165) is 18.2 Å². The van der Waals surface area contributed by atoms with Crippen molar-refractivity contribution in [2.24, 2.45) is 5.73 Å². The minimum atomic E-state index is -0.562. The van der Waals surface area contributed by atoms with Crippen molar-refractivity contribution >= 4 is 22.8 Å². The molecule has 0 radical (unpaired) electrons. The number of aromatic nitrogens is 1. The summed E-state index contributed by atoms with van der Waals surface area (Å²) >= 11 is 1.09. The van der Waals surface area contributed by atoms with E-state index in [-0.39, 0.29) is 17.1 Å². The molecule has 0 saturated carbocycles. The summed E-state index contributed by atoms with van der Waals surface area (Å²) in [6.07, 6.45) is 3.20. The Morgan fingerprint density at radius 1 is 1.53 bits per heavy atom. The van der Waals surface area contributed by atoms with Crippen LogP contribution in [0.3, 0.4) is 0 Å². The number of likely N-dealkylation sites (tertiary alicyclic amines) is 1. The number of carbonyl (C=O) groups is 2. The van der Waals surface area contributed by atoms with E-state index in [1.165, 1.54) is 0 Å². The van der Waals surface area contributed by atoms with Crippen LogP contribution >= 0.6 is 11.8 Å². The van der Waals surface area contributed by atoms with E-state index in [2.05, 4.69) is 4.98 Å². The third-order valence-electron chi connectivity index (χ3n) is 3.04. The summed E-state index contributed by atoms with van der Waals surface area (Å²) in [7, 11) is 0. The molecule has 1 aliphatic heterocycles. The Bertz CT molecular complexity index is 464. The molecule has 2 rings (SSSR count). The first-order valence-electron chi connectivity index (χ1n) is 6.28. The van der Waals surface area contributed by atoms with Crippen LogP contribution in [-0.4, -0.2) is 39.5 Å². The van der Waals surface area contributed by atoms with Crippen molar-refractivity contribution in [3.8, 4) is 0 Å². The molecular weight excluding hydrogens is 262 g/mol. The fourth-order valence-electron chi connectivity index (χ4n) is 2.12. The number of amides is 1. The molecule has 102 valence electrons. The molecule has 0 aliphatic carbocycles. The Labute approximate surface area is 116 Å². The van der Waals surface area contributed by atoms with Gasteiger partial charge in [-0.2, -0.15) is 0 Å². The molecule has 5 nitrogen and oxygen atoms in total. The molecule has 1 unspecified atom stereocenters. The Morgan fingerprint density at radius 2 is 2.32 bits per heavy atom. The van der Waals surface area contributed by atoms with E-state index < -0.39 is 6.04 Å². The van der Waals surface area contributed by atoms with Gasteiger partial charge in [0.15, 0.2) is 0 Å². The summed E-state index contributed by atoms with van der Waals surface area (Å²) in [5, 5.41) is 0.623. The first kappa shape index (κ1) is 14.0. The molecule has 1 aromatic heterocycles. The maximum Gasteiger partial charge on any atom is 0.239 e. The van der Waals surface area contributed by atoms with Gasteiger partial charge in [0.2, 0.25) is 11.0 Å². The van der Waals surface area contributed by atoms with Gasteiger partial charge in [0.1, 0.15) is 11.1 Å². The van der Waals surface area contributed by atoms with Crippen LogP contribution in [0.5, 0.6) is 0 Å². The van der Waals surface area contributed by atoms with Gasteiger partial charge in [-0.25, -0.2) is 4.98 Å². The standard InChI is InChI=1S/C13H17N3O2S/c1-9(14)12(17)16-8-4-5-10(16)13(18)19-11-6-2-3-7-15-11/h2-3,6-7,9-10H,4-5,8,14H2,1H3/t9?,10-/m0/s1. The number of rotatable bonds is 3. The Kier molecular flexibility index (Phi) is 4.55. The van der Waals surface area contributed by atoms with Gasteiger partial charge in [-0.05, 0) is 43.7 Å². The molecule has 0 spiro atoms. The fourth-order valence-corrected chi connectivity index (χ4v) is 2.96. The highest BCUT2D eigenvalue weighted by Crippen LogP contribution is 2.26. The second kappa shape index (κ2) is 6.16. The molecule has 1 amide bonds. The molecular formula is C13H17N3O2S. The van der Waals surface area contributed by atoms with Crippen LogP contribution in [0.25, 0.3) is 0 Å². The molecule has 0 bridgehead atoms. The van der Waals surface area contributed by atoms with Crippen molar-refractivity contribution in [2.45, 2.75) is 36.9 Å². The maximum atomic E-state index is 12.2. The minimum Gasteiger partial charge on any atom is -0.330 e. The van der Waals surface area contributed by atoms with Crippen molar-refractivity contribution in [3.63, 3.8) is 0 Å². The van der Waals surface area contributed by atoms with Crippen molar-refractivity contribution in [1.29, 1.82) is 0 Å². The quantitative estimate of drug-likeness (QED) is 0.837. The van der Waals surface area contributed by atoms with E-state index in [0.29, 0.717) is 18.0 Å². The lowest BCUT2D eigenvalue weighted by molar-refractivity contribution is -0.136. The Balaban J connectivity index is 2.04. The first-order chi connectivity index (χ1) is 9.09.